The van der Waals surface area contributed by atoms with Gasteiger partial charge in [-0.3, -0.25) is 9.59 Å². The number of hydrogen-bond acceptors (Lipinski definition) is 4. The van der Waals surface area contributed by atoms with Crippen LogP contribution in [-0.4, -0.2) is 39.7 Å². The molecule has 1 rings (SSSR count). The van der Waals surface area contributed by atoms with E-state index in [2.05, 4.69) is 0 Å². The lowest BCUT2D eigenvalue weighted by Crippen LogP contribution is -2.39. The van der Waals surface area contributed by atoms with E-state index in [4.69, 9.17) is 0 Å². The van der Waals surface area contributed by atoms with Crippen molar-refractivity contribution in [2.45, 2.75) is 45.8 Å². The number of likely N-dealkylation sites (N-methyl/N-ethyl adjacent to an activating group) is 1. The second kappa shape index (κ2) is 6.34. The van der Waals surface area contributed by atoms with E-state index in [-0.39, 0.29) is 10.8 Å². The smallest absolute Gasteiger partial charge is 0.307 e. The molecule has 0 spiro atoms. The SMILES string of the molecule is Cc1csc(=O)n1CCCC(=O)N(C)CC(C)(C)O. The van der Waals surface area contributed by atoms with Crippen LogP contribution in [0.15, 0.2) is 10.2 Å². The number of amides is 1. The summed E-state index contributed by atoms with van der Waals surface area (Å²) in [6.45, 7) is 6.11. The Morgan fingerprint density at radius 1 is 1.53 bits per heavy atom. The Labute approximate surface area is 117 Å². The van der Waals surface area contributed by atoms with Gasteiger partial charge in [0, 0.05) is 37.6 Å². The van der Waals surface area contributed by atoms with E-state index in [0.29, 0.717) is 25.9 Å². The third kappa shape index (κ3) is 5.16. The van der Waals surface area contributed by atoms with Crippen LogP contribution in [0.5, 0.6) is 0 Å². The van der Waals surface area contributed by atoms with Crippen LogP contribution in [0.1, 0.15) is 32.4 Å². The summed E-state index contributed by atoms with van der Waals surface area (Å²) in [6, 6.07) is 0. The first-order valence-electron chi connectivity index (χ1n) is 6.32. The summed E-state index contributed by atoms with van der Waals surface area (Å²) in [7, 11) is 1.68. The van der Waals surface area contributed by atoms with Crippen molar-refractivity contribution in [2.75, 3.05) is 13.6 Å². The molecule has 0 saturated carbocycles. The highest BCUT2D eigenvalue weighted by molar-refractivity contribution is 7.07. The van der Waals surface area contributed by atoms with Crippen molar-refractivity contribution in [1.29, 1.82) is 0 Å². The average molecular weight is 286 g/mol. The van der Waals surface area contributed by atoms with E-state index >= 15 is 0 Å². The lowest BCUT2D eigenvalue weighted by Gasteiger charge is -2.25. The molecule has 1 aromatic heterocycles. The summed E-state index contributed by atoms with van der Waals surface area (Å²) in [4.78, 5) is 24.9. The van der Waals surface area contributed by atoms with Crippen molar-refractivity contribution in [3.05, 3.63) is 20.7 Å². The van der Waals surface area contributed by atoms with E-state index in [0.717, 1.165) is 5.69 Å². The topological polar surface area (TPSA) is 62.5 Å². The van der Waals surface area contributed by atoms with Gasteiger partial charge in [-0.05, 0) is 27.2 Å². The van der Waals surface area contributed by atoms with E-state index in [1.807, 2.05) is 12.3 Å². The molecule has 0 saturated heterocycles. The lowest BCUT2D eigenvalue weighted by atomic mass is 10.1. The van der Waals surface area contributed by atoms with Gasteiger partial charge in [0.05, 0.1) is 5.60 Å². The van der Waals surface area contributed by atoms with Crippen LogP contribution < -0.4 is 4.87 Å². The third-order valence-electron chi connectivity index (χ3n) is 2.80. The molecule has 1 N–H and O–H groups in total. The molecule has 1 amide bonds. The van der Waals surface area contributed by atoms with E-state index in [9.17, 15) is 14.7 Å². The standard InChI is InChI=1S/C13H22N2O3S/c1-10-8-19-12(17)15(10)7-5-6-11(16)14(4)9-13(2,3)18/h8,18H,5-7,9H2,1-4H3. The van der Waals surface area contributed by atoms with Gasteiger partial charge in [0.25, 0.3) is 0 Å². The molecular weight excluding hydrogens is 264 g/mol. The molecule has 0 fully saturated rings. The number of carbonyl (C=O) groups is 1. The van der Waals surface area contributed by atoms with Crippen molar-refractivity contribution < 1.29 is 9.90 Å². The molecule has 6 heteroatoms. The summed E-state index contributed by atoms with van der Waals surface area (Å²) in [5.74, 6) is -0.0111. The first kappa shape index (κ1) is 15.9. The Kier molecular flexibility index (Phi) is 5.31. The summed E-state index contributed by atoms with van der Waals surface area (Å²) in [5.41, 5.74) is 0.0537. The normalized spacial score (nSPS) is 11.6. The van der Waals surface area contributed by atoms with Gasteiger partial charge in [0.2, 0.25) is 5.91 Å². The van der Waals surface area contributed by atoms with Gasteiger partial charge in [0.15, 0.2) is 0 Å². The number of hydrogen-bond donors (Lipinski definition) is 1. The quantitative estimate of drug-likeness (QED) is 0.855. The zero-order chi connectivity index (χ0) is 14.6. The largest absolute Gasteiger partial charge is 0.389 e. The average Bonchev–Trinajstić information content (AvgIpc) is 2.57. The molecule has 1 aromatic rings. The molecule has 5 nitrogen and oxygen atoms in total. The lowest BCUT2D eigenvalue weighted by molar-refractivity contribution is -0.132. The van der Waals surface area contributed by atoms with E-state index in [1.165, 1.54) is 16.2 Å². The van der Waals surface area contributed by atoms with Gasteiger partial charge < -0.3 is 14.6 Å². The molecule has 1 heterocycles. The molecule has 0 aliphatic carbocycles. The maximum atomic E-state index is 11.8. The Balaban J connectivity index is 2.41. The zero-order valence-electron chi connectivity index (χ0n) is 12.0. The van der Waals surface area contributed by atoms with Crippen LogP contribution in [0.2, 0.25) is 0 Å². The first-order valence-corrected chi connectivity index (χ1v) is 7.20. The predicted octanol–water partition coefficient (Wildman–Crippen LogP) is 1.23. The summed E-state index contributed by atoms with van der Waals surface area (Å²) >= 11 is 1.18. The number of aliphatic hydroxyl groups is 1. The van der Waals surface area contributed by atoms with Crippen molar-refractivity contribution >= 4 is 17.2 Å². The number of carbonyl (C=O) groups excluding carboxylic acids is 1. The minimum atomic E-state index is -0.884. The van der Waals surface area contributed by atoms with Crippen LogP contribution in [0.4, 0.5) is 0 Å². The Morgan fingerprint density at radius 3 is 2.63 bits per heavy atom. The summed E-state index contributed by atoms with van der Waals surface area (Å²) in [6.07, 6.45) is 1.01. The molecule has 0 bridgehead atoms. The van der Waals surface area contributed by atoms with Crippen molar-refractivity contribution in [3.8, 4) is 0 Å². The number of aryl methyl sites for hydroxylation is 1. The fourth-order valence-electron chi connectivity index (χ4n) is 1.92. The second-order valence-corrected chi connectivity index (χ2v) is 6.28. The maximum absolute atomic E-state index is 11.8. The fourth-order valence-corrected chi connectivity index (χ4v) is 2.68. The Hall–Kier alpha value is -1.14. The molecule has 0 atom stereocenters. The van der Waals surface area contributed by atoms with Gasteiger partial charge >= 0.3 is 4.87 Å². The van der Waals surface area contributed by atoms with Crippen LogP contribution >= 0.6 is 11.3 Å². The molecule has 19 heavy (non-hydrogen) atoms. The fraction of sp³-hybridized carbons (Fsp3) is 0.692. The first-order chi connectivity index (χ1) is 8.70. The van der Waals surface area contributed by atoms with Crippen LogP contribution in [0, 0.1) is 6.92 Å². The molecule has 0 radical (unpaired) electrons. The number of thiazole rings is 1. The van der Waals surface area contributed by atoms with Crippen molar-refractivity contribution in [1.82, 2.24) is 9.47 Å². The number of nitrogens with zero attached hydrogens (tertiary/aromatic N) is 2. The predicted molar refractivity (Wildman–Crippen MR) is 76.5 cm³/mol. The minimum absolute atomic E-state index is 0.0111. The van der Waals surface area contributed by atoms with Gasteiger partial charge in [-0.15, -0.1) is 0 Å². The molecule has 0 aromatic carbocycles. The molecular formula is C13H22N2O3S. The molecule has 0 unspecified atom stereocenters. The van der Waals surface area contributed by atoms with Gasteiger partial charge in [-0.1, -0.05) is 11.3 Å². The van der Waals surface area contributed by atoms with Gasteiger partial charge in [0.1, 0.15) is 0 Å². The molecule has 108 valence electrons. The third-order valence-corrected chi connectivity index (χ3v) is 3.68. The highest BCUT2D eigenvalue weighted by atomic mass is 32.1. The Bertz CT molecular complexity index is 485. The second-order valence-electron chi connectivity index (χ2n) is 5.46. The van der Waals surface area contributed by atoms with Gasteiger partial charge in [-0.25, -0.2) is 0 Å². The van der Waals surface area contributed by atoms with E-state index in [1.54, 1.807) is 25.5 Å². The summed E-state index contributed by atoms with van der Waals surface area (Å²) < 4.78 is 1.69. The molecule has 0 aliphatic heterocycles. The minimum Gasteiger partial charge on any atom is -0.389 e. The van der Waals surface area contributed by atoms with Crippen molar-refractivity contribution in [2.24, 2.45) is 0 Å². The monoisotopic (exact) mass is 286 g/mol. The summed E-state index contributed by atoms with van der Waals surface area (Å²) in [5, 5.41) is 11.5. The van der Waals surface area contributed by atoms with Crippen LogP contribution in [0.3, 0.4) is 0 Å². The molecule has 0 aliphatic rings. The van der Waals surface area contributed by atoms with Crippen LogP contribution in [0.25, 0.3) is 0 Å². The van der Waals surface area contributed by atoms with Gasteiger partial charge in [-0.2, -0.15) is 0 Å². The van der Waals surface area contributed by atoms with Crippen molar-refractivity contribution in [3.63, 3.8) is 0 Å². The van der Waals surface area contributed by atoms with Crippen LogP contribution in [-0.2, 0) is 11.3 Å². The number of rotatable bonds is 6. The van der Waals surface area contributed by atoms with E-state index < -0.39 is 5.60 Å². The maximum Gasteiger partial charge on any atom is 0.307 e. The highest BCUT2D eigenvalue weighted by Crippen LogP contribution is 2.07. The zero-order valence-corrected chi connectivity index (χ0v) is 12.8. The number of aromatic nitrogens is 1. The Morgan fingerprint density at radius 2 is 2.16 bits per heavy atom. The highest BCUT2D eigenvalue weighted by Gasteiger charge is 2.19.